The van der Waals surface area contributed by atoms with Gasteiger partial charge in [0.15, 0.2) is 0 Å². The van der Waals surface area contributed by atoms with Crippen LogP contribution in [0, 0.1) is 6.92 Å². The van der Waals surface area contributed by atoms with Gasteiger partial charge >= 0.3 is 0 Å². The minimum Gasteiger partial charge on any atom is -0.493 e. The molecule has 0 saturated heterocycles. The number of ether oxygens (including phenoxy) is 1. The van der Waals surface area contributed by atoms with Crippen LogP contribution in [0.15, 0.2) is 18.2 Å². The fraction of sp³-hybridized carbons (Fsp3) is 0.647. The minimum atomic E-state index is 0.109. The van der Waals surface area contributed by atoms with E-state index in [4.69, 9.17) is 9.84 Å². The summed E-state index contributed by atoms with van der Waals surface area (Å²) in [6.45, 7) is 9.83. The van der Waals surface area contributed by atoms with Crippen molar-refractivity contribution in [3.8, 4) is 5.75 Å². The van der Waals surface area contributed by atoms with E-state index in [9.17, 15) is 0 Å². The maximum Gasteiger partial charge on any atom is 0.123 e. The van der Waals surface area contributed by atoms with Gasteiger partial charge in [0.05, 0.1) is 6.61 Å². The summed E-state index contributed by atoms with van der Waals surface area (Å²) in [5.74, 6) is 1.01. The van der Waals surface area contributed by atoms with Crippen LogP contribution in [0.3, 0.4) is 0 Å². The lowest BCUT2D eigenvalue weighted by Gasteiger charge is -2.23. The predicted molar refractivity (Wildman–Crippen MR) is 80.9 cm³/mol. The van der Waals surface area contributed by atoms with Gasteiger partial charge in [-0.25, -0.2) is 0 Å². The molecule has 1 aromatic carbocycles. The first kappa shape index (κ1) is 16.0. The minimum absolute atomic E-state index is 0.109. The second-order valence-corrected chi connectivity index (χ2v) is 6.24. The molecule has 1 N–H and O–H groups in total. The Labute approximate surface area is 117 Å². The third-order valence-electron chi connectivity index (χ3n) is 3.25. The first-order valence-electron chi connectivity index (χ1n) is 7.30. The van der Waals surface area contributed by atoms with Crippen LogP contribution < -0.4 is 4.74 Å². The van der Waals surface area contributed by atoms with Gasteiger partial charge in [-0.15, -0.1) is 0 Å². The molecule has 0 atom stereocenters. The summed E-state index contributed by atoms with van der Waals surface area (Å²) in [6.07, 6.45) is 4.16. The largest absolute Gasteiger partial charge is 0.493 e. The van der Waals surface area contributed by atoms with Crippen LogP contribution in [0.5, 0.6) is 5.75 Å². The predicted octanol–water partition coefficient (Wildman–Crippen LogP) is 4.22. The van der Waals surface area contributed by atoms with Gasteiger partial charge < -0.3 is 9.84 Å². The molecule has 1 rings (SSSR count). The number of aryl methyl sites for hydroxylation is 1. The topological polar surface area (TPSA) is 29.5 Å². The van der Waals surface area contributed by atoms with Gasteiger partial charge in [-0.3, -0.25) is 0 Å². The summed E-state index contributed by atoms with van der Waals surface area (Å²) in [4.78, 5) is 0. The summed E-state index contributed by atoms with van der Waals surface area (Å²) in [7, 11) is 0. The van der Waals surface area contributed by atoms with Gasteiger partial charge in [0.2, 0.25) is 0 Å². The summed E-state index contributed by atoms with van der Waals surface area (Å²) < 4.78 is 5.94. The quantitative estimate of drug-likeness (QED) is 0.747. The average molecular weight is 264 g/mol. The van der Waals surface area contributed by atoms with Gasteiger partial charge in [0.1, 0.15) is 5.75 Å². The van der Waals surface area contributed by atoms with Crippen molar-refractivity contribution >= 4 is 0 Å². The van der Waals surface area contributed by atoms with Crippen molar-refractivity contribution in [1.82, 2.24) is 0 Å². The Hall–Kier alpha value is -1.02. The number of aliphatic hydroxyl groups is 1. The second kappa shape index (κ2) is 7.54. The van der Waals surface area contributed by atoms with Crippen molar-refractivity contribution in [2.45, 2.75) is 58.8 Å². The summed E-state index contributed by atoms with van der Waals surface area (Å²) in [5, 5.41) is 8.72. The van der Waals surface area contributed by atoms with E-state index in [2.05, 4.69) is 45.9 Å². The number of aliphatic hydroxyl groups excluding tert-OH is 1. The van der Waals surface area contributed by atoms with Crippen LogP contribution >= 0.6 is 0 Å². The molecule has 0 spiro atoms. The second-order valence-electron chi connectivity index (χ2n) is 6.24. The van der Waals surface area contributed by atoms with Crippen molar-refractivity contribution in [3.05, 3.63) is 29.3 Å². The molecule has 0 saturated carbocycles. The Morgan fingerprint density at radius 3 is 2.37 bits per heavy atom. The molecule has 0 bridgehead atoms. The van der Waals surface area contributed by atoms with Crippen LogP contribution in [0.25, 0.3) is 0 Å². The van der Waals surface area contributed by atoms with E-state index in [1.165, 1.54) is 11.1 Å². The highest BCUT2D eigenvalue weighted by Gasteiger charge is 2.18. The standard InChI is InChI=1S/C17H28O2/c1-14-9-10-16(15(13-14)17(2,3)4)19-12-8-6-5-7-11-18/h9-10,13,18H,5-8,11-12H2,1-4H3. The molecule has 0 aliphatic heterocycles. The van der Waals surface area contributed by atoms with Gasteiger partial charge in [0.25, 0.3) is 0 Å². The van der Waals surface area contributed by atoms with Crippen molar-refractivity contribution in [3.63, 3.8) is 0 Å². The van der Waals surface area contributed by atoms with Gasteiger partial charge in [-0.05, 0) is 43.2 Å². The molecule has 0 unspecified atom stereocenters. The van der Waals surface area contributed by atoms with Crippen LogP contribution in [-0.2, 0) is 5.41 Å². The number of hydrogen-bond acceptors (Lipinski definition) is 2. The highest BCUT2D eigenvalue weighted by Crippen LogP contribution is 2.32. The Kier molecular flexibility index (Phi) is 6.36. The van der Waals surface area contributed by atoms with Gasteiger partial charge in [0, 0.05) is 6.61 Å². The molecule has 0 aliphatic carbocycles. The van der Waals surface area contributed by atoms with E-state index in [1.807, 2.05) is 0 Å². The summed E-state index contributed by atoms with van der Waals surface area (Å²) in [6, 6.07) is 6.42. The van der Waals surface area contributed by atoms with Crippen molar-refractivity contribution < 1.29 is 9.84 Å². The van der Waals surface area contributed by atoms with Crippen LogP contribution in [-0.4, -0.2) is 18.3 Å². The fourth-order valence-corrected chi connectivity index (χ4v) is 2.11. The van der Waals surface area contributed by atoms with Crippen LogP contribution in [0.4, 0.5) is 0 Å². The maximum absolute atomic E-state index is 8.72. The Balaban J connectivity index is 2.54. The molecule has 0 amide bonds. The Bertz CT molecular complexity index is 377. The number of rotatable bonds is 7. The van der Waals surface area contributed by atoms with Crippen molar-refractivity contribution in [1.29, 1.82) is 0 Å². The van der Waals surface area contributed by atoms with E-state index in [1.54, 1.807) is 0 Å². The lowest BCUT2D eigenvalue weighted by Crippen LogP contribution is -2.14. The first-order valence-corrected chi connectivity index (χ1v) is 7.30. The van der Waals surface area contributed by atoms with E-state index in [0.29, 0.717) is 6.61 Å². The highest BCUT2D eigenvalue weighted by molar-refractivity contribution is 5.41. The van der Waals surface area contributed by atoms with E-state index >= 15 is 0 Å². The molecule has 2 heteroatoms. The first-order chi connectivity index (χ1) is 8.95. The normalized spacial score (nSPS) is 11.6. The Morgan fingerprint density at radius 2 is 1.74 bits per heavy atom. The van der Waals surface area contributed by atoms with Crippen molar-refractivity contribution in [2.75, 3.05) is 13.2 Å². The number of unbranched alkanes of at least 4 members (excludes halogenated alkanes) is 3. The molecule has 0 aliphatic rings. The van der Waals surface area contributed by atoms with Crippen LogP contribution in [0.2, 0.25) is 0 Å². The van der Waals surface area contributed by atoms with Crippen molar-refractivity contribution in [2.24, 2.45) is 0 Å². The average Bonchev–Trinajstić information content (AvgIpc) is 2.34. The molecule has 0 heterocycles. The zero-order valence-corrected chi connectivity index (χ0v) is 12.8. The molecular formula is C17H28O2. The zero-order chi connectivity index (χ0) is 14.3. The SMILES string of the molecule is Cc1ccc(OCCCCCCO)c(C(C)(C)C)c1. The van der Waals surface area contributed by atoms with Crippen LogP contribution in [0.1, 0.15) is 57.6 Å². The smallest absolute Gasteiger partial charge is 0.123 e. The third kappa shape index (κ3) is 5.65. The van der Waals surface area contributed by atoms with Gasteiger partial charge in [-0.2, -0.15) is 0 Å². The Morgan fingerprint density at radius 1 is 1.05 bits per heavy atom. The number of hydrogen-bond donors (Lipinski definition) is 1. The lowest BCUT2D eigenvalue weighted by atomic mass is 9.85. The molecule has 1 aromatic rings. The molecule has 108 valence electrons. The molecule has 19 heavy (non-hydrogen) atoms. The zero-order valence-electron chi connectivity index (χ0n) is 12.8. The van der Waals surface area contributed by atoms with E-state index in [0.717, 1.165) is 38.0 Å². The molecular weight excluding hydrogens is 236 g/mol. The third-order valence-corrected chi connectivity index (χ3v) is 3.25. The number of benzene rings is 1. The summed E-state index contributed by atoms with van der Waals surface area (Å²) >= 11 is 0. The maximum atomic E-state index is 8.72. The van der Waals surface area contributed by atoms with Gasteiger partial charge in [-0.1, -0.05) is 44.9 Å². The molecule has 2 nitrogen and oxygen atoms in total. The molecule has 0 radical (unpaired) electrons. The van der Waals surface area contributed by atoms with E-state index < -0.39 is 0 Å². The highest BCUT2D eigenvalue weighted by atomic mass is 16.5. The molecule has 0 aromatic heterocycles. The molecule has 0 fully saturated rings. The monoisotopic (exact) mass is 264 g/mol. The summed E-state index contributed by atoms with van der Waals surface area (Å²) in [5.41, 5.74) is 2.67. The van der Waals surface area contributed by atoms with E-state index in [-0.39, 0.29) is 5.41 Å². The fourth-order valence-electron chi connectivity index (χ4n) is 2.11. The lowest BCUT2D eigenvalue weighted by molar-refractivity contribution is 0.271.